The number of likely N-dealkylation sites (tertiary alicyclic amines) is 1. The van der Waals surface area contributed by atoms with E-state index in [0.29, 0.717) is 31.3 Å². The van der Waals surface area contributed by atoms with Gasteiger partial charge in [0.2, 0.25) is 21.8 Å². The number of benzene rings is 2. The van der Waals surface area contributed by atoms with E-state index in [1.165, 1.54) is 12.1 Å². The van der Waals surface area contributed by atoms with Gasteiger partial charge in [-0.25, -0.2) is 8.42 Å². The maximum absolute atomic E-state index is 13.5. The zero-order chi connectivity index (χ0) is 28.2. The van der Waals surface area contributed by atoms with Crippen LogP contribution in [0.1, 0.15) is 32.1 Å². The summed E-state index contributed by atoms with van der Waals surface area (Å²) in [4.78, 5) is 40.6. The number of nitrogens with two attached hydrogens (primary N) is 1. The van der Waals surface area contributed by atoms with Gasteiger partial charge < -0.3 is 26.0 Å². The Bertz CT molecular complexity index is 1360. The molecular formula is C26H34N6O6S. The van der Waals surface area contributed by atoms with E-state index in [-0.39, 0.29) is 29.4 Å². The van der Waals surface area contributed by atoms with Gasteiger partial charge in [-0.3, -0.25) is 19.8 Å². The van der Waals surface area contributed by atoms with Crippen LogP contribution in [-0.2, 0) is 24.4 Å². The topological polar surface area (TPSA) is 186 Å². The molecule has 0 unspecified atom stereocenters. The van der Waals surface area contributed by atoms with Crippen molar-refractivity contribution in [2.24, 2.45) is 11.7 Å². The van der Waals surface area contributed by atoms with E-state index in [1.807, 2.05) is 12.1 Å². The number of piperidine rings is 1. The minimum Gasteiger partial charge on any atom is -0.480 e. The van der Waals surface area contributed by atoms with Crippen LogP contribution >= 0.6 is 0 Å². The van der Waals surface area contributed by atoms with Gasteiger partial charge in [0.05, 0.1) is 11.3 Å². The molecule has 1 aliphatic carbocycles. The van der Waals surface area contributed by atoms with E-state index in [2.05, 4.69) is 10.0 Å². The number of hydrogen-bond acceptors (Lipinski definition) is 6. The Labute approximate surface area is 227 Å². The third-order valence-electron chi connectivity index (χ3n) is 7.04. The second-order valence-corrected chi connectivity index (χ2v) is 11.8. The monoisotopic (exact) mass is 558 g/mol. The van der Waals surface area contributed by atoms with Crippen molar-refractivity contribution in [1.29, 1.82) is 5.41 Å². The number of nitrogens with one attached hydrogen (secondary N) is 3. The molecule has 2 atom stereocenters. The summed E-state index contributed by atoms with van der Waals surface area (Å²) in [6.45, 7) is 0.888. The van der Waals surface area contributed by atoms with Crippen LogP contribution in [0.4, 0.5) is 0 Å². The lowest BCUT2D eigenvalue weighted by molar-refractivity contribution is -0.146. The first kappa shape index (κ1) is 28.3. The first-order valence-corrected chi connectivity index (χ1v) is 14.4. The summed E-state index contributed by atoms with van der Waals surface area (Å²) in [6.07, 6.45) is 2.39. The van der Waals surface area contributed by atoms with Crippen molar-refractivity contribution in [3.05, 3.63) is 42.5 Å². The number of amides is 2. The fourth-order valence-corrected chi connectivity index (χ4v) is 6.08. The van der Waals surface area contributed by atoms with Crippen LogP contribution in [0.25, 0.3) is 10.8 Å². The number of guanidine groups is 1. The summed E-state index contributed by atoms with van der Waals surface area (Å²) >= 11 is 0. The molecular weight excluding hydrogens is 524 g/mol. The van der Waals surface area contributed by atoms with Gasteiger partial charge in [-0.2, -0.15) is 4.72 Å². The minimum atomic E-state index is -4.23. The molecule has 2 fully saturated rings. The summed E-state index contributed by atoms with van der Waals surface area (Å²) < 4.78 is 29.1. The van der Waals surface area contributed by atoms with Crippen molar-refractivity contribution in [2.75, 3.05) is 26.2 Å². The van der Waals surface area contributed by atoms with Crippen molar-refractivity contribution in [3.63, 3.8) is 0 Å². The Hall–Kier alpha value is -3.71. The number of hydrogen-bond donors (Lipinski definition) is 5. The van der Waals surface area contributed by atoms with Gasteiger partial charge in [0.15, 0.2) is 5.96 Å². The summed E-state index contributed by atoms with van der Waals surface area (Å²) in [5.41, 5.74) is 5.59. The number of nitrogens with zero attached hydrogens (tertiary/aromatic N) is 2. The quantitative estimate of drug-likeness (QED) is 0.197. The number of aliphatic carboxylic acids is 1. The van der Waals surface area contributed by atoms with Crippen molar-refractivity contribution < 1.29 is 27.9 Å². The van der Waals surface area contributed by atoms with Crippen LogP contribution in [0.15, 0.2) is 47.4 Å². The van der Waals surface area contributed by atoms with Crippen molar-refractivity contribution in [1.82, 2.24) is 19.8 Å². The number of rotatable bonds is 11. The zero-order valence-electron chi connectivity index (χ0n) is 21.5. The summed E-state index contributed by atoms with van der Waals surface area (Å²) in [6, 6.07) is 10.0. The van der Waals surface area contributed by atoms with Gasteiger partial charge in [-0.15, -0.1) is 0 Å². The molecule has 2 aromatic rings. The molecule has 1 aliphatic heterocycles. The zero-order valence-corrected chi connectivity index (χ0v) is 22.3. The molecule has 39 heavy (non-hydrogen) atoms. The molecule has 6 N–H and O–H groups in total. The van der Waals surface area contributed by atoms with Crippen molar-refractivity contribution in [2.45, 2.75) is 49.1 Å². The fraction of sp³-hybridized carbons (Fsp3) is 0.462. The number of carboxylic acids is 1. The van der Waals surface area contributed by atoms with Crippen LogP contribution in [0, 0.1) is 11.3 Å². The SMILES string of the molecule is N=C(N)N1CCC[C@H](CNC(=O)C[C@@H](NS(=O)(=O)c2ccc3ccccc3c2)C(=O)N(CC(=O)O)C2CC2)C1. The van der Waals surface area contributed by atoms with Gasteiger partial charge in [-0.05, 0) is 54.5 Å². The first-order valence-electron chi connectivity index (χ1n) is 12.9. The van der Waals surface area contributed by atoms with E-state index in [9.17, 15) is 27.9 Å². The summed E-state index contributed by atoms with van der Waals surface area (Å²) in [5, 5.41) is 21.3. The van der Waals surface area contributed by atoms with Crippen LogP contribution in [0.5, 0.6) is 0 Å². The van der Waals surface area contributed by atoms with E-state index >= 15 is 0 Å². The highest BCUT2D eigenvalue weighted by Gasteiger charge is 2.39. The highest BCUT2D eigenvalue weighted by molar-refractivity contribution is 7.89. The molecule has 1 saturated carbocycles. The van der Waals surface area contributed by atoms with E-state index in [0.717, 1.165) is 23.1 Å². The van der Waals surface area contributed by atoms with E-state index in [1.54, 1.807) is 23.1 Å². The molecule has 1 heterocycles. The molecule has 0 aromatic heterocycles. The number of sulfonamides is 1. The largest absolute Gasteiger partial charge is 0.480 e. The fourth-order valence-electron chi connectivity index (χ4n) is 4.85. The second-order valence-electron chi connectivity index (χ2n) is 10.1. The third kappa shape index (κ3) is 7.45. The molecule has 12 nitrogen and oxygen atoms in total. The minimum absolute atomic E-state index is 0.0293. The van der Waals surface area contributed by atoms with Crippen LogP contribution in [-0.4, -0.2) is 85.3 Å². The Morgan fingerprint density at radius 1 is 1.13 bits per heavy atom. The Balaban J connectivity index is 1.50. The highest BCUT2D eigenvalue weighted by Crippen LogP contribution is 2.28. The highest BCUT2D eigenvalue weighted by atomic mass is 32.2. The van der Waals surface area contributed by atoms with Gasteiger partial charge in [0.25, 0.3) is 0 Å². The first-order chi connectivity index (χ1) is 18.5. The van der Waals surface area contributed by atoms with Crippen molar-refractivity contribution >= 4 is 44.5 Å². The Kier molecular flexibility index (Phi) is 8.70. The maximum Gasteiger partial charge on any atom is 0.323 e. The van der Waals surface area contributed by atoms with Gasteiger partial charge in [-0.1, -0.05) is 30.3 Å². The number of fused-ring (bicyclic) bond motifs is 1. The average Bonchev–Trinajstić information content (AvgIpc) is 3.75. The molecule has 4 rings (SSSR count). The summed E-state index contributed by atoms with van der Waals surface area (Å²) in [7, 11) is -4.23. The molecule has 2 aromatic carbocycles. The lowest BCUT2D eigenvalue weighted by Crippen LogP contribution is -2.52. The number of carboxylic acid groups (broad SMARTS) is 1. The Morgan fingerprint density at radius 3 is 2.51 bits per heavy atom. The van der Waals surface area contributed by atoms with Gasteiger partial charge in [0, 0.05) is 25.7 Å². The van der Waals surface area contributed by atoms with Crippen LogP contribution in [0.2, 0.25) is 0 Å². The Morgan fingerprint density at radius 2 is 1.85 bits per heavy atom. The third-order valence-corrected chi connectivity index (χ3v) is 8.51. The van der Waals surface area contributed by atoms with Crippen molar-refractivity contribution in [3.8, 4) is 0 Å². The molecule has 13 heteroatoms. The molecule has 1 saturated heterocycles. The molecule has 210 valence electrons. The number of carbonyl (C=O) groups is 3. The average molecular weight is 559 g/mol. The molecule has 0 bridgehead atoms. The smallest absolute Gasteiger partial charge is 0.323 e. The van der Waals surface area contributed by atoms with Gasteiger partial charge >= 0.3 is 5.97 Å². The predicted molar refractivity (Wildman–Crippen MR) is 144 cm³/mol. The van der Waals surface area contributed by atoms with Crippen LogP contribution in [0.3, 0.4) is 0 Å². The lowest BCUT2D eigenvalue weighted by Gasteiger charge is -2.33. The second kappa shape index (κ2) is 12.0. The predicted octanol–water partition coefficient (Wildman–Crippen LogP) is 0.674. The standard InChI is InChI=1S/C26H34N6O6S/c27-26(28)31-11-3-4-17(15-31)14-29-23(33)13-22(25(36)32(16-24(34)35)20-8-9-20)30-39(37,38)21-10-7-18-5-1-2-6-19(18)12-21/h1-2,5-7,10,12,17,20,22,30H,3-4,8-9,11,13-16H2,(H3,27,28)(H,29,33)(H,34,35)/t17-,22-/m1/s1. The molecule has 2 aliphatic rings. The van der Waals surface area contributed by atoms with Gasteiger partial charge in [0.1, 0.15) is 12.6 Å². The number of carbonyl (C=O) groups excluding carboxylic acids is 2. The van der Waals surface area contributed by atoms with E-state index < -0.39 is 46.8 Å². The normalized spacial score (nSPS) is 18.4. The van der Waals surface area contributed by atoms with E-state index in [4.69, 9.17) is 11.1 Å². The molecule has 0 spiro atoms. The summed E-state index contributed by atoms with van der Waals surface area (Å²) in [5.74, 6) is -2.49. The maximum atomic E-state index is 13.5. The van der Waals surface area contributed by atoms with Crippen LogP contribution < -0.4 is 15.8 Å². The molecule has 2 amide bonds. The lowest BCUT2D eigenvalue weighted by atomic mass is 9.98. The molecule has 0 radical (unpaired) electrons.